The first-order valence-corrected chi connectivity index (χ1v) is 15.3. The standard InChI is InChI=1S/C31H34ClF3N6O4/c1-45-18-41-28-23(15-36-41)24-16-39(17-31(33,34)35)29(43)21(12-20(24)13-25(28)32)14-27(42)38-9-7-22(8-10-38)40-11-6-19-4-2-3-5-26(19)37-30(40)44/h2-5,13,15,21-22H,6-12,14,16-18H2,1H3,(H,37,44). The predicted octanol–water partition coefficient (Wildman–Crippen LogP) is 4.83. The van der Waals surface area contributed by atoms with E-state index >= 15 is 0 Å². The van der Waals surface area contributed by atoms with E-state index in [-0.39, 0.29) is 44.1 Å². The van der Waals surface area contributed by atoms with Gasteiger partial charge in [-0.15, -0.1) is 0 Å². The molecule has 3 aliphatic heterocycles. The average Bonchev–Trinajstić information content (AvgIpc) is 3.28. The molecule has 14 heteroatoms. The summed E-state index contributed by atoms with van der Waals surface area (Å²) in [4.78, 5) is 44.4. The number of carbonyl (C=O) groups is 3. The molecule has 45 heavy (non-hydrogen) atoms. The number of carbonyl (C=O) groups excluding carboxylic acids is 3. The van der Waals surface area contributed by atoms with E-state index in [0.29, 0.717) is 59.5 Å². The van der Waals surface area contributed by atoms with Crippen LogP contribution in [0.1, 0.15) is 36.0 Å². The number of piperidine rings is 1. The predicted molar refractivity (Wildman–Crippen MR) is 161 cm³/mol. The van der Waals surface area contributed by atoms with Crippen LogP contribution in [0.25, 0.3) is 10.9 Å². The summed E-state index contributed by atoms with van der Waals surface area (Å²) in [6.07, 6.45) is -1.40. The number of anilines is 1. The number of nitrogens with zero attached hydrogens (tertiary/aromatic N) is 5. The topological polar surface area (TPSA) is 100 Å². The van der Waals surface area contributed by atoms with E-state index in [4.69, 9.17) is 16.3 Å². The summed E-state index contributed by atoms with van der Waals surface area (Å²) in [6, 6.07) is 9.13. The van der Waals surface area contributed by atoms with Gasteiger partial charge in [0.2, 0.25) is 11.8 Å². The first-order chi connectivity index (χ1) is 21.5. The lowest BCUT2D eigenvalue weighted by Gasteiger charge is -2.38. The van der Waals surface area contributed by atoms with Crippen molar-refractivity contribution in [1.29, 1.82) is 0 Å². The van der Waals surface area contributed by atoms with Gasteiger partial charge in [-0.3, -0.25) is 9.59 Å². The summed E-state index contributed by atoms with van der Waals surface area (Å²) < 4.78 is 47.6. The maximum atomic E-state index is 13.6. The van der Waals surface area contributed by atoms with Gasteiger partial charge in [0.15, 0.2) is 0 Å². The Morgan fingerprint density at radius 2 is 1.89 bits per heavy atom. The second-order valence-corrected chi connectivity index (χ2v) is 12.3. The van der Waals surface area contributed by atoms with E-state index in [0.717, 1.165) is 22.6 Å². The maximum absolute atomic E-state index is 13.6. The molecule has 6 rings (SSSR count). The minimum Gasteiger partial charge on any atom is -0.362 e. The Morgan fingerprint density at radius 1 is 1.13 bits per heavy atom. The molecular weight excluding hydrogens is 613 g/mol. The molecule has 2 aromatic carbocycles. The molecule has 3 aliphatic rings. The summed E-state index contributed by atoms with van der Waals surface area (Å²) in [5.74, 6) is -2.01. The van der Waals surface area contributed by atoms with Gasteiger partial charge in [-0.05, 0) is 54.5 Å². The molecule has 1 saturated heterocycles. The van der Waals surface area contributed by atoms with Crippen LogP contribution in [-0.2, 0) is 40.4 Å². The quantitative estimate of drug-likeness (QED) is 0.414. The van der Waals surface area contributed by atoms with Gasteiger partial charge < -0.3 is 24.8 Å². The van der Waals surface area contributed by atoms with Gasteiger partial charge in [0, 0.05) is 56.8 Å². The van der Waals surface area contributed by atoms with Crippen molar-refractivity contribution >= 4 is 46.0 Å². The average molecular weight is 647 g/mol. The van der Waals surface area contributed by atoms with Crippen molar-refractivity contribution in [2.45, 2.75) is 57.6 Å². The smallest absolute Gasteiger partial charge is 0.362 e. The number of halogens is 4. The molecule has 1 aromatic heterocycles. The normalized spacial score (nSPS) is 19.7. The SMILES string of the molecule is COCn1ncc2c3c(cc(Cl)c21)CC(CC(=O)N1CCC(N2CCc4ccccc4NC2=O)CC1)C(=O)N(CC(F)(F)F)C3. The number of para-hydroxylation sites is 1. The van der Waals surface area contributed by atoms with Crippen LogP contribution >= 0.6 is 11.6 Å². The lowest BCUT2D eigenvalue weighted by Crippen LogP contribution is -2.50. The number of likely N-dealkylation sites (tertiary alicyclic amines) is 1. The Kier molecular flexibility index (Phi) is 8.66. The molecule has 0 radical (unpaired) electrons. The van der Waals surface area contributed by atoms with E-state index in [9.17, 15) is 27.6 Å². The van der Waals surface area contributed by atoms with Crippen molar-refractivity contribution in [3.05, 3.63) is 58.2 Å². The number of fused-ring (bicyclic) bond motifs is 4. The number of amides is 4. The van der Waals surface area contributed by atoms with Crippen molar-refractivity contribution in [3.8, 4) is 0 Å². The zero-order valence-electron chi connectivity index (χ0n) is 24.8. The molecule has 4 amide bonds. The van der Waals surface area contributed by atoms with Crippen molar-refractivity contribution < 1.29 is 32.3 Å². The highest BCUT2D eigenvalue weighted by Gasteiger charge is 2.40. The van der Waals surface area contributed by atoms with Crippen molar-refractivity contribution in [1.82, 2.24) is 24.5 Å². The van der Waals surface area contributed by atoms with Crippen LogP contribution in [0.15, 0.2) is 36.5 Å². The largest absolute Gasteiger partial charge is 0.406 e. The molecule has 1 N–H and O–H groups in total. The second kappa shape index (κ2) is 12.5. The Balaban J connectivity index is 1.17. The molecule has 0 aliphatic carbocycles. The number of hydrogen-bond donors (Lipinski definition) is 1. The second-order valence-electron chi connectivity index (χ2n) is 11.9. The van der Waals surface area contributed by atoms with E-state index < -0.39 is 24.5 Å². The highest BCUT2D eigenvalue weighted by Crippen LogP contribution is 2.36. The lowest BCUT2D eigenvalue weighted by molar-refractivity contribution is -0.165. The molecule has 1 atom stereocenters. The summed E-state index contributed by atoms with van der Waals surface area (Å²) in [7, 11) is 1.49. The fourth-order valence-corrected chi connectivity index (χ4v) is 7.15. The Hall–Kier alpha value is -3.84. The third kappa shape index (κ3) is 6.46. The Bertz CT molecular complexity index is 1620. The molecule has 1 fully saturated rings. The van der Waals surface area contributed by atoms with Gasteiger partial charge in [0.25, 0.3) is 0 Å². The molecule has 0 saturated carbocycles. The molecule has 10 nitrogen and oxygen atoms in total. The third-order valence-electron chi connectivity index (χ3n) is 9.00. The summed E-state index contributed by atoms with van der Waals surface area (Å²) in [5, 5.41) is 8.15. The number of aromatic nitrogens is 2. The number of alkyl halides is 3. The number of methoxy groups -OCH3 is 1. The minimum atomic E-state index is -4.62. The van der Waals surface area contributed by atoms with E-state index in [1.54, 1.807) is 11.0 Å². The highest BCUT2D eigenvalue weighted by molar-refractivity contribution is 6.35. The van der Waals surface area contributed by atoms with Crippen LogP contribution in [0.3, 0.4) is 0 Å². The van der Waals surface area contributed by atoms with E-state index in [1.807, 2.05) is 29.2 Å². The van der Waals surface area contributed by atoms with Crippen molar-refractivity contribution in [2.75, 3.05) is 38.6 Å². The number of benzene rings is 2. The Morgan fingerprint density at radius 3 is 2.62 bits per heavy atom. The summed E-state index contributed by atoms with van der Waals surface area (Å²) in [6.45, 7) is -0.286. The molecule has 0 spiro atoms. The number of ether oxygens (including phenoxy) is 1. The Labute approximate surface area is 263 Å². The lowest BCUT2D eigenvalue weighted by atomic mass is 9.92. The number of nitrogens with one attached hydrogen (secondary N) is 1. The molecule has 4 heterocycles. The van der Waals surface area contributed by atoms with Crippen LogP contribution in [0.4, 0.5) is 23.7 Å². The van der Waals surface area contributed by atoms with Gasteiger partial charge >= 0.3 is 12.2 Å². The summed E-state index contributed by atoms with van der Waals surface area (Å²) in [5.41, 5.74) is 3.53. The fourth-order valence-electron chi connectivity index (χ4n) is 6.82. The highest BCUT2D eigenvalue weighted by atomic mass is 35.5. The van der Waals surface area contributed by atoms with Crippen LogP contribution in [-0.4, -0.2) is 87.8 Å². The zero-order valence-corrected chi connectivity index (χ0v) is 25.5. The monoisotopic (exact) mass is 646 g/mol. The molecule has 0 bridgehead atoms. The van der Waals surface area contributed by atoms with E-state index in [2.05, 4.69) is 10.4 Å². The van der Waals surface area contributed by atoms with Crippen molar-refractivity contribution in [2.24, 2.45) is 5.92 Å². The molecule has 1 unspecified atom stereocenters. The first kappa shape index (κ1) is 31.2. The van der Waals surface area contributed by atoms with Gasteiger partial charge in [-0.1, -0.05) is 29.8 Å². The van der Waals surface area contributed by atoms with Crippen molar-refractivity contribution in [3.63, 3.8) is 0 Å². The third-order valence-corrected chi connectivity index (χ3v) is 9.29. The molecule has 240 valence electrons. The minimum absolute atomic E-state index is 0.0550. The van der Waals surface area contributed by atoms with Crippen LogP contribution in [0.2, 0.25) is 5.02 Å². The summed E-state index contributed by atoms with van der Waals surface area (Å²) >= 11 is 6.61. The first-order valence-electron chi connectivity index (χ1n) is 15.0. The zero-order chi connectivity index (χ0) is 31.9. The number of urea groups is 1. The fraction of sp³-hybridized carbons (Fsp3) is 0.484. The molecule has 3 aromatic rings. The number of hydrogen-bond acceptors (Lipinski definition) is 5. The number of rotatable bonds is 6. The maximum Gasteiger partial charge on any atom is 0.406 e. The van der Waals surface area contributed by atoms with Crippen LogP contribution in [0.5, 0.6) is 0 Å². The van der Waals surface area contributed by atoms with Gasteiger partial charge in [-0.2, -0.15) is 18.3 Å². The van der Waals surface area contributed by atoms with Gasteiger partial charge in [-0.25, -0.2) is 9.48 Å². The van der Waals surface area contributed by atoms with E-state index in [1.165, 1.54) is 18.0 Å². The molecular formula is C31H34ClF3N6O4. The van der Waals surface area contributed by atoms with Gasteiger partial charge in [0.1, 0.15) is 13.3 Å². The van der Waals surface area contributed by atoms with Crippen LogP contribution < -0.4 is 5.32 Å². The van der Waals surface area contributed by atoms with Gasteiger partial charge in [0.05, 0.1) is 22.7 Å². The van der Waals surface area contributed by atoms with Crippen LogP contribution in [0, 0.1) is 5.92 Å².